The van der Waals surface area contributed by atoms with E-state index in [0.29, 0.717) is 0 Å². The molecular weight excluding hydrogens is 777 g/mol. The average molecular weight is 821 g/mol. The molecule has 3 nitrogen and oxygen atoms in total. The molecule has 3 heteroatoms. The van der Waals surface area contributed by atoms with Crippen molar-refractivity contribution < 1.29 is 4.74 Å². The highest BCUT2D eigenvalue weighted by molar-refractivity contribution is 6.07. The van der Waals surface area contributed by atoms with E-state index >= 15 is 0 Å². The van der Waals surface area contributed by atoms with Crippen LogP contribution in [0.15, 0.2) is 231 Å². The minimum absolute atomic E-state index is 0.137. The molecular formula is C61H44N2O. The zero-order valence-electron chi connectivity index (χ0n) is 35.7. The number of anilines is 6. The van der Waals surface area contributed by atoms with Gasteiger partial charge in [0, 0.05) is 50.9 Å². The smallest absolute Gasteiger partial charge is 0.138 e. The first-order valence-electron chi connectivity index (χ1n) is 22.1. The summed E-state index contributed by atoms with van der Waals surface area (Å²) >= 11 is 0. The molecule has 0 spiro atoms. The van der Waals surface area contributed by atoms with Gasteiger partial charge in [0.25, 0.3) is 0 Å². The lowest BCUT2D eigenvalue weighted by Gasteiger charge is -2.30. The maximum absolute atomic E-state index is 6.94. The molecule has 0 saturated heterocycles. The number of para-hydroxylation sites is 2. The van der Waals surface area contributed by atoms with Gasteiger partial charge in [-0.25, -0.2) is 0 Å². The number of fused-ring (bicyclic) bond motifs is 5. The molecule has 0 saturated carbocycles. The zero-order chi connectivity index (χ0) is 42.8. The fraction of sp³-hybridized carbons (Fsp3) is 0.0492. The van der Waals surface area contributed by atoms with Gasteiger partial charge in [-0.2, -0.15) is 0 Å². The first-order chi connectivity index (χ1) is 31.5. The molecule has 0 radical (unpaired) electrons. The fourth-order valence-corrected chi connectivity index (χ4v) is 10.1. The lowest BCUT2D eigenvalue weighted by molar-refractivity contribution is 0.487. The van der Waals surface area contributed by atoms with E-state index in [1.807, 2.05) is 0 Å². The molecule has 304 valence electrons. The van der Waals surface area contributed by atoms with E-state index in [1.165, 1.54) is 44.5 Å². The molecule has 0 aromatic heterocycles. The van der Waals surface area contributed by atoms with E-state index < -0.39 is 0 Å². The van der Waals surface area contributed by atoms with E-state index in [0.717, 1.165) is 67.5 Å². The summed E-state index contributed by atoms with van der Waals surface area (Å²) in [6.07, 6.45) is 0. The molecule has 0 fully saturated rings. The van der Waals surface area contributed by atoms with Gasteiger partial charge < -0.3 is 14.5 Å². The maximum atomic E-state index is 6.94. The largest absolute Gasteiger partial charge is 0.456 e. The van der Waals surface area contributed by atoms with Crippen molar-refractivity contribution in [1.82, 2.24) is 0 Å². The van der Waals surface area contributed by atoms with Crippen LogP contribution < -0.4 is 14.5 Å². The third kappa shape index (κ3) is 6.28. The number of nitrogens with zero attached hydrogens (tertiary/aromatic N) is 2. The molecule has 10 aromatic rings. The minimum Gasteiger partial charge on any atom is -0.456 e. The van der Waals surface area contributed by atoms with E-state index in [9.17, 15) is 0 Å². The molecule has 1 heterocycles. The predicted molar refractivity (Wildman–Crippen MR) is 267 cm³/mol. The Kier molecular flexibility index (Phi) is 8.84. The number of hydrogen-bond donors (Lipinski definition) is 0. The number of rotatable bonds is 8. The lowest BCUT2D eigenvalue weighted by atomic mass is 9.82. The molecule has 10 aromatic carbocycles. The van der Waals surface area contributed by atoms with E-state index in [1.54, 1.807) is 0 Å². The van der Waals surface area contributed by atoms with Crippen LogP contribution in [0.25, 0.3) is 55.3 Å². The number of ether oxygens (including phenoxy) is 1. The second-order valence-electron chi connectivity index (χ2n) is 17.4. The molecule has 64 heavy (non-hydrogen) atoms. The van der Waals surface area contributed by atoms with Crippen molar-refractivity contribution >= 4 is 44.9 Å². The summed E-state index contributed by atoms with van der Waals surface area (Å²) in [6, 6.07) is 83.1. The Hall–Kier alpha value is -8.14. The van der Waals surface area contributed by atoms with Crippen molar-refractivity contribution in [2.24, 2.45) is 0 Å². The molecule has 0 atom stereocenters. The molecule has 0 N–H and O–H groups in total. The molecule has 0 amide bonds. The quantitative estimate of drug-likeness (QED) is 0.152. The van der Waals surface area contributed by atoms with Crippen molar-refractivity contribution in [3.8, 4) is 56.0 Å². The van der Waals surface area contributed by atoms with Crippen molar-refractivity contribution in [3.05, 3.63) is 242 Å². The van der Waals surface area contributed by atoms with Gasteiger partial charge in [0.15, 0.2) is 0 Å². The second-order valence-corrected chi connectivity index (χ2v) is 17.4. The lowest BCUT2D eigenvalue weighted by Crippen LogP contribution is -2.16. The second kappa shape index (κ2) is 15.0. The summed E-state index contributed by atoms with van der Waals surface area (Å²) in [6.45, 7) is 4.70. The van der Waals surface area contributed by atoms with Crippen LogP contribution in [0.1, 0.15) is 25.0 Å². The SMILES string of the molecule is CC1(C)c2ccccc2-c2ccc(N(c3ccc(-c4ccc(-c5ccccc5)cc4)cc3)c3ccc4c(c3)-c3cccc5cc(N(c6ccccc6)c6ccccc6)cc(c35)O4)cc21. The predicted octanol–water partition coefficient (Wildman–Crippen LogP) is 17.2. The molecule has 12 rings (SSSR count). The van der Waals surface area contributed by atoms with Crippen LogP contribution in [0.5, 0.6) is 11.5 Å². The van der Waals surface area contributed by atoms with Crippen molar-refractivity contribution in [2.45, 2.75) is 19.3 Å². The molecule has 1 aliphatic heterocycles. The molecule has 2 aliphatic rings. The number of hydrogen-bond acceptors (Lipinski definition) is 3. The highest BCUT2D eigenvalue weighted by Gasteiger charge is 2.36. The average Bonchev–Trinajstić information content (AvgIpc) is 3.58. The Balaban J connectivity index is 0.966. The highest BCUT2D eigenvalue weighted by atomic mass is 16.5. The van der Waals surface area contributed by atoms with Gasteiger partial charge in [-0.3, -0.25) is 0 Å². The van der Waals surface area contributed by atoms with Crippen LogP contribution in [0.3, 0.4) is 0 Å². The fourth-order valence-electron chi connectivity index (χ4n) is 10.1. The summed E-state index contributed by atoms with van der Waals surface area (Å²) < 4.78 is 6.94. The summed E-state index contributed by atoms with van der Waals surface area (Å²) in [7, 11) is 0. The van der Waals surface area contributed by atoms with Crippen LogP contribution in [0.2, 0.25) is 0 Å². The zero-order valence-corrected chi connectivity index (χ0v) is 35.7. The topological polar surface area (TPSA) is 15.7 Å². The Morgan fingerprint density at radius 1 is 0.312 bits per heavy atom. The van der Waals surface area contributed by atoms with E-state index in [-0.39, 0.29) is 5.41 Å². The minimum atomic E-state index is -0.137. The van der Waals surface area contributed by atoms with E-state index in [2.05, 4.69) is 254 Å². The van der Waals surface area contributed by atoms with E-state index in [4.69, 9.17) is 4.74 Å². The number of benzene rings is 10. The summed E-state index contributed by atoms with van der Waals surface area (Å²) in [5, 5.41) is 2.24. The van der Waals surface area contributed by atoms with Crippen LogP contribution in [0, 0.1) is 0 Å². The van der Waals surface area contributed by atoms with Gasteiger partial charge in [0.1, 0.15) is 11.5 Å². The van der Waals surface area contributed by atoms with Gasteiger partial charge >= 0.3 is 0 Å². The van der Waals surface area contributed by atoms with Gasteiger partial charge in [-0.15, -0.1) is 0 Å². The van der Waals surface area contributed by atoms with Crippen molar-refractivity contribution in [3.63, 3.8) is 0 Å². The Bertz CT molecular complexity index is 3320. The van der Waals surface area contributed by atoms with Gasteiger partial charge in [-0.1, -0.05) is 166 Å². The van der Waals surface area contributed by atoms with Crippen LogP contribution in [-0.2, 0) is 5.41 Å². The summed E-state index contributed by atoms with van der Waals surface area (Å²) in [5.41, 5.74) is 18.7. The Labute approximate surface area is 374 Å². The van der Waals surface area contributed by atoms with Crippen molar-refractivity contribution in [1.29, 1.82) is 0 Å². The van der Waals surface area contributed by atoms with Gasteiger partial charge in [-0.05, 0) is 128 Å². The first kappa shape index (κ1) is 37.6. The van der Waals surface area contributed by atoms with Crippen molar-refractivity contribution in [2.75, 3.05) is 9.80 Å². The van der Waals surface area contributed by atoms with Crippen LogP contribution in [-0.4, -0.2) is 0 Å². The summed E-state index contributed by atoms with van der Waals surface area (Å²) in [5.74, 6) is 1.69. The normalized spacial score (nSPS) is 12.8. The Morgan fingerprint density at radius 3 is 1.50 bits per heavy atom. The third-order valence-corrected chi connectivity index (χ3v) is 13.2. The third-order valence-electron chi connectivity index (χ3n) is 13.2. The highest BCUT2D eigenvalue weighted by Crippen LogP contribution is 2.53. The first-order valence-corrected chi connectivity index (χ1v) is 22.1. The standard InChI is InChI=1S/C61H44N2O/c1-61(2)56-24-13-12-22-52(56)53-35-33-50(39-57(53)61)63(48-31-29-44(30-32-48)43-27-25-42(26-28-43)41-15-6-3-7-16-41)49-34-36-58-55(38-49)54-23-14-17-45-37-51(40-59(64-58)60(45)54)62(46-18-8-4-9-19-46)47-20-10-5-11-21-47/h3-40H,1-2H3. The molecule has 0 bridgehead atoms. The van der Waals surface area contributed by atoms with Crippen LogP contribution >= 0.6 is 0 Å². The maximum Gasteiger partial charge on any atom is 0.138 e. The van der Waals surface area contributed by atoms with Gasteiger partial charge in [0.05, 0.1) is 5.69 Å². The molecule has 0 unspecified atom stereocenters. The monoisotopic (exact) mass is 820 g/mol. The molecule has 1 aliphatic carbocycles. The Morgan fingerprint density at radius 2 is 0.812 bits per heavy atom. The summed E-state index contributed by atoms with van der Waals surface area (Å²) in [4.78, 5) is 4.70. The van der Waals surface area contributed by atoms with Crippen LogP contribution in [0.4, 0.5) is 34.1 Å². The van der Waals surface area contributed by atoms with Gasteiger partial charge in [0.2, 0.25) is 0 Å².